The number of ether oxygens (including phenoxy) is 3. The summed E-state index contributed by atoms with van der Waals surface area (Å²) in [6, 6.07) is 0. The van der Waals surface area contributed by atoms with Gasteiger partial charge in [0.15, 0.2) is 11.5 Å². The highest BCUT2D eigenvalue weighted by atomic mass is 35.5. The number of hydrogen-bond acceptors (Lipinski definition) is 11. The third-order valence-electron chi connectivity index (χ3n) is 6.68. The molecule has 0 aromatic carbocycles. The van der Waals surface area contributed by atoms with Gasteiger partial charge in [0.05, 0.1) is 19.2 Å². The van der Waals surface area contributed by atoms with E-state index in [1.165, 1.54) is 47.0 Å². The van der Waals surface area contributed by atoms with Crippen LogP contribution in [0.4, 0.5) is 5.95 Å². The Morgan fingerprint density at radius 1 is 1.08 bits per heavy atom. The zero-order valence-electron chi connectivity index (χ0n) is 21.3. The predicted octanol–water partition coefficient (Wildman–Crippen LogP) is 2.94. The van der Waals surface area contributed by atoms with Crippen LogP contribution in [0.25, 0.3) is 5.69 Å². The van der Waals surface area contributed by atoms with Gasteiger partial charge in [-0.3, -0.25) is 9.29 Å². The Morgan fingerprint density at radius 3 is 2.19 bits per heavy atom. The SMILES string of the molecule is COc1ncnc(OC)c1-n1c(NS(=O)(=O)[C@@H](C)[C@H](OC)c2ncc(Cl)cn2)nnc1[C@H]1CCC1(C)C. The van der Waals surface area contributed by atoms with Crippen LogP contribution in [0.15, 0.2) is 18.7 Å². The lowest BCUT2D eigenvalue weighted by Gasteiger charge is -2.43. The molecule has 0 saturated heterocycles. The summed E-state index contributed by atoms with van der Waals surface area (Å²) >= 11 is 5.88. The van der Waals surface area contributed by atoms with Crippen molar-refractivity contribution in [2.24, 2.45) is 5.41 Å². The summed E-state index contributed by atoms with van der Waals surface area (Å²) in [6.07, 6.45) is 4.89. The highest BCUT2D eigenvalue weighted by Crippen LogP contribution is 2.53. The van der Waals surface area contributed by atoms with Crippen molar-refractivity contribution in [1.82, 2.24) is 34.7 Å². The minimum absolute atomic E-state index is 0.000475. The summed E-state index contributed by atoms with van der Waals surface area (Å²) in [5.41, 5.74) is 0.210. The van der Waals surface area contributed by atoms with E-state index >= 15 is 0 Å². The maximum Gasteiger partial charge on any atom is 0.245 e. The van der Waals surface area contributed by atoms with E-state index in [-0.39, 0.29) is 40.6 Å². The molecule has 3 atom stereocenters. The van der Waals surface area contributed by atoms with Crippen LogP contribution in [-0.4, -0.2) is 69.7 Å². The summed E-state index contributed by atoms with van der Waals surface area (Å²) in [7, 11) is 0.160. The molecule has 0 bridgehead atoms. The topological polar surface area (TPSA) is 156 Å². The van der Waals surface area contributed by atoms with E-state index in [0.29, 0.717) is 10.8 Å². The summed E-state index contributed by atoms with van der Waals surface area (Å²) in [6.45, 7) is 5.73. The number of halogens is 1. The summed E-state index contributed by atoms with van der Waals surface area (Å²) in [4.78, 5) is 16.6. The van der Waals surface area contributed by atoms with Gasteiger partial charge in [-0.2, -0.15) is 9.97 Å². The van der Waals surface area contributed by atoms with Crippen molar-refractivity contribution in [1.29, 1.82) is 0 Å². The van der Waals surface area contributed by atoms with Crippen molar-refractivity contribution >= 4 is 27.6 Å². The molecule has 1 aliphatic rings. The average molecular weight is 553 g/mol. The molecule has 0 aliphatic heterocycles. The Morgan fingerprint density at radius 2 is 1.70 bits per heavy atom. The van der Waals surface area contributed by atoms with Crippen molar-refractivity contribution in [3.05, 3.63) is 35.4 Å². The summed E-state index contributed by atoms with van der Waals surface area (Å²) in [5, 5.41) is 7.80. The first-order valence-electron chi connectivity index (χ1n) is 11.4. The molecule has 3 aromatic heterocycles. The molecule has 4 rings (SSSR count). The Kier molecular flexibility index (Phi) is 7.53. The predicted molar refractivity (Wildman–Crippen MR) is 135 cm³/mol. The number of hydrogen-bond donors (Lipinski definition) is 1. The first-order chi connectivity index (χ1) is 17.5. The molecule has 0 amide bonds. The molecule has 1 N–H and O–H groups in total. The van der Waals surface area contributed by atoms with Crippen LogP contribution in [0.5, 0.6) is 11.8 Å². The monoisotopic (exact) mass is 552 g/mol. The molecule has 0 unspecified atom stereocenters. The molecule has 15 heteroatoms. The number of nitrogens with zero attached hydrogens (tertiary/aromatic N) is 7. The van der Waals surface area contributed by atoms with Crippen molar-refractivity contribution in [2.75, 3.05) is 26.1 Å². The third-order valence-corrected chi connectivity index (χ3v) is 8.57. The molecule has 200 valence electrons. The normalized spacial score (nSPS) is 18.5. The second kappa shape index (κ2) is 10.3. The van der Waals surface area contributed by atoms with Crippen LogP contribution in [0, 0.1) is 5.41 Å². The van der Waals surface area contributed by atoms with Gasteiger partial charge >= 0.3 is 0 Å². The molecule has 0 spiro atoms. The van der Waals surface area contributed by atoms with Gasteiger partial charge in [-0.15, -0.1) is 10.2 Å². The van der Waals surface area contributed by atoms with E-state index in [9.17, 15) is 8.42 Å². The Balaban J connectivity index is 1.80. The first kappa shape index (κ1) is 26.9. The molecule has 13 nitrogen and oxygen atoms in total. The van der Waals surface area contributed by atoms with Crippen molar-refractivity contribution < 1.29 is 22.6 Å². The van der Waals surface area contributed by atoms with Gasteiger partial charge in [0.2, 0.25) is 27.7 Å². The van der Waals surface area contributed by atoms with Gasteiger partial charge in [0.1, 0.15) is 23.5 Å². The fourth-order valence-corrected chi connectivity index (χ4v) is 5.58. The fraction of sp³-hybridized carbons (Fsp3) is 0.545. The first-order valence-corrected chi connectivity index (χ1v) is 13.4. The van der Waals surface area contributed by atoms with Gasteiger partial charge in [0, 0.05) is 25.4 Å². The smallest absolute Gasteiger partial charge is 0.245 e. The lowest BCUT2D eigenvalue weighted by molar-refractivity contribution is 0.0950. The van der Waals surface area contributed by atoms with Crippen molar-refractivity contribution in [3.63, 3.8) is 0 Å². The van der Waals surface area contributed by atoms with Crippen LogP contribution >= 0.6 is 11.6 Å². The largest absolute Gasteiger partial charge is 0.479 e. The molecule has 1 fully saturated rings. The lowest BCUT2D eigenvalue weighted by atomic mass is 9.62. The number of anilines is 1. The fourth-order valence-electron chi connectivity index (χ4n) is 4.35. The molecular formula is C22H29ClN8O5S. The van der Waals surface area contributed by atoms with Gasteiger partial charge in [-0.25, -0.2) is 18.4 Å². The maximum absolute atomic E-state index is 13.6. The van der Waals surface area contributed by atoms with E-state index < -0.39 is 21.4 Å². The van der Waals surface area contributed by atoms with Crippen LogP contribution in [0.3, 0.4) is 0 Å². The average Bonchev–Trinajstić information content (AvgIpc) is 3.25. The number of nitrogens with one attached hydrogen (secondary N) is 1. The van der Waals surface area contributed by atoms with Crippen LogP contribution in [-0.2, 0) is 14.8 Å². The Hall–Kier alpha value is -3.10. The second-order valence-corrected chi connectivity index (χ2v) is 11.8. The van der Waals surface area contributed by atoms with Crippen LogP contribution in [0.1, 0.15) is 57.3 Å². The standard InChI is InChI=1S/C22H29ClN8O5S/c1-12(16(34-4)17-24-9-13(23)10-25-17)37(32,33)30-21-29-28-18(14-7-8-22(14,2)3)31(21)15-19(35-5)26-11-27-20(15)36-6/h9-12,14,16H,7-8H2,1-6H3,(H,29,30)/t12-,14+,16-/m0/s1. The van der Waals surface area contributed by atoms with Gasteiger partial charge in [-0.1, -0.05) is 25.4 Å². The summed E-state index contributed by atoms with van der Waals surface area (Å²) < 4.78 is 47.7. The van der Waals surface area contributed by atoms with Crippen LogP contribution < -0.4 is 14.2 Å². The number of sulfonamides is 1. The minimum Gasteiger partial charge on any atom is -0.479 e. The minimum atomic E-state index is -4.12. The second-order valence-electron chi connectivity index (χ2n) is 9.31. The summed E-state index contributed by atoms with van der Waals surface area (Å²) in [5.74, 6) is 0.980. The zero-order valence-corrected chi connectivity index (χ0v) is 22.9. The third kappa shape index (κ3) is 5.05. The Bertz CT molecular complexity index is 1340. The lowest BCUT2D eigenvalue weighted by Crippen LogP contribution is -2.35. The van der Waals surface area contributed by atoms with Gasteiger partial charge < -0.3 is 14.2 Å². The molecule has 1 saturated carbocycles. The number of aromatic nitrogens is 7. The van der Waals surface area contributed by atoms with E-state index in [0.717, 1.165) is 12.8 Å². The van der Waals surface area contributed by atoms with Crippen molar-refractivity contribution in [2.45, 2.75) is 50.9 Å². The highest BCUT2D eigenvalue weighted by Gasteiger charge is 2.44. The van der Waals surface area contributed by atoms with E-state index in [1.807, 2.05) is 0 Å². The Labute approximate surface area is 220 Å². The molecule has 3 aromatic rings. The van der Waals surface area contributed by atoms with Crippen molar-refractivity contribution in [3.8, 4) is 17.4 Å². The van der Waals surface area contributed by atoms with E-state index in [1.54, 1.807) is 4.57 Å². The van der Waals surface area contributed by atoms with Crippen LogP contribution in [0.2, 0.25) is 5.02 Å². The zero-order chi connectivity index (χ0) is 27.0. The van der Waals surface area contributed by atoms with Gasteiger partial charge in [-0.05, 0) is 25.2 Å². The van der Waals surface area contributed by atoms with Gasteiger partial charge in [0.25, 0.3) is 0 Å². The van der Waals surface area contributed by atoms with E-state index in [4.69, 9.17) is 25.8 Å². The molecule has 0 radical (unpaired) electrons. The quantitative estimate of drug-likeness (QED) is 0.394. The number of rotatable bonds is 10. The number of methoxy groups -OCH3 is 3. The molecule has 37 heavy (non-hydrogen) atoms. The maximum atomic E-state index is 13.6. The molecular weight excluding hydrogens is 524 g/mol. The highest BCUT2D eigenvalue weighted by molar-refractivity contribution is 7.93. The molecule has 1 aliphatic carbocycles. The molecule has 3 heterocycles. The van der Waals surface area contributed by atoms with E-state index in [2.05, 4.69) is 48.7 Å².